The van der Waals surface area contributed by atoms with Crippen molar-refractivity contribution in [3.05, 3.63) is 29.8 Å². The van der Waals surface area contributed by atoms with Gasteiger partial charge in [-0.2, -0.15) is 0 Å². The Kier molecular flexibility index (Phi) is 4.80. The van der Waals surface area contributed by atoms with Crippen molar-refractivity contribution >= 4 is 5.91 Å². The highest BCUT2D eigenvalue weighted by molar-refractivity contribution is 5.73. The molecule has 1 aromatic rings. The first-order valence-electron chi connectivity index (χ1n) is 6.80. The molecule has 1 heterocycles. The van der Waals surface area contributed by atoms with E-state index in [4.69, 9.17) is 4.74 Å². The van der Waals surface area contributed by atoms with Crippen molar-refractivity contribution in [2.75, 3.05) is 39.8 Å². The maximum atomic E-state index is 11.2. The Morgan fingerprint density at radius 3 is 2.63 bits per heavy atom. The largest absolute Gasteiger partial charge is 0.497 e. The van der Waals surface area contributed by atoms with Crippen LogP contribution in [0.1, 0.15) is 12.5 Å². The van der Waals surface area contributed by atoms with Crippen molar-refractivity contribution in [3.8, 4) is 5.75 Å². The van der Waals surface area contributed by atoms with Crippen LogP contribution in [0.25, 0.3) is 0 Å². The molecule has 1 aromatic carbocycles. The van der Waals surface area contributed by atoms with Crippen LogP contribution in [0.4, 0.5) is 0 Å². The summed E-state index contributed by atoms with van der Waals surface area (Å²) in [5, 5.41) is 0. The third-order valence-corrected chi connectivity index (χ3v) is 3.67. The van der Waals surface area contributed by atoms with Gasteiger partial charge in [-0.05, 0) is 24.1 Å². The van der Waals surface area contributed by atoms with Crippen molar-refractivity contribution in [2.24, 2.45) is 0 Å². The molecule has 0 radical (unpaired) electrons. The summed E-state index contributed by atoms with van der Waals surface area (Å²) >= 11 is 0. The molecule has 104 valence electrons. The number of piperazine rings is 1. The first-order valence-corrected chi connectivity index (χ1v) is 6.80. The van der Waals surface area contributed by atoms with Crippen LogP contribution in [0.5, 0.6) is 5.75 Å². The van der Waals surface area contributed by atoms with Gasteiger partial charge in [-0.25, -0.2) is 0 Å². The van der Waals surface area contributed by atoms with Gasteiger partial charge in [0, 0.05) is 39.6 Å². The van der Waals surface area contributed by atoms with Crippen LogP contribution in [0.15, 0.2) is 24.3 Å². The average molecular weight is 262 g/mol. The summed E-state index contributed by atoms with van der Waals surface area (Å²) in [6.07, 6.45) is 1.03. The first-order chi connectivity index (χ1) is 9.19. The number of carbonyl (C=O) groups excluding carboxylic acids is 1. The molecule has 1 aliphatic heterocycles. The fourth-order valence-corrected chi connectivity index (χ4v) is 2.40. The maximum Gasteiger partial charge on any atom is 0.219 e. The highest BCUT2D eigenvalue weighted by atomic mass is 16.5. The lowest BCUT2D eigenvalue weighted by atomic mass is 10.1. The normalized spacial score (nSPS) is 16.4. The number of amides is 1. The topological polar surface area (TPSA) is 32.8 Å². The van der Waals surface area contributed by atoms with Gasteiger partial charge in [0.2, 0.25) is 5.91 Å². The van der Waals surface area contributed by atoms with Crippen molar-refractivity contribution in [1.29, 1.82) is 0 Å². The van der Waals surface area contributed by atoms with E-state index < -0.39 is 0 Å². The van der Waals surface area contributed by atoms with E-state index in [1.54, 1.807) is 14.0 Å². The minimum absolute atomic E-state index is 0.187. The highest BCUT2D eigenvalue weighted by Gasteiger charge is 2.17. The van der Waals surface area contributed by atoms with E-state index in [1.165, 1.54) is 5.56 Å². The number of rotatable bonds is 4. The second kappa shape index (κ2) is 6.57. The molecule has 0 unspecified atom stereocenters. The van der Waals surface area contributed by atoms with Crippen LogP contribution in [0.3, 0.4) is 0 Å². The highest BCUT2D eigenvalue weighted by Crippen LogP contribution is 2.13. The van der Waals surface area contributed by atoms with Gasteiger partial charge in [0.15, 0.2) is 0 Å². The van der Waals surface area contributed by atoms with Crippen molar-refractivity contribution in [2.45, 2.75) is 13.3 Å². The van der Waals surface area contributed by atoms with E-state index in [0.717, 1.165) is 44.9 Å². The zero-order valence-corrected chi connectivity index (χ0v) is 11.8. The smallest absolute Gasteiger partial charge is 0.219 e. The van der Waals surface area contributed by atoms with Gasteiger partial charge in [-0.15, -0.1) is 0 Å². The zero-order valence-electron chi connectivity index (χ0n) is 11.8. The number of nitrogens with zero attached hydrogens (tertiary/aromatic N) is 2. The Balaban J connectivity index is 1.78. The molecule has 1 fully saturated rings. The number of methoxy groups -OCH3 is 1. The Morgan fingerprint density at radius 1 is 1.26 bits per heavy atom. The van der Waals surface area contributed by atoms with E-state index in [9.17, 15) is 4.79 Å². The Bertz CT molecular complexity index is 426. The van der Waals surface area contributed by atoms with E-state index in [-0.39, 0.29) is 5.91 Å². The fourth-order valence-electron chi connectivity index (χ4n) is 2.40. The van der Waals surface area contributed by atoms with Gasteiger partial charge in [-0.1, -0.05) is 12.1 Å². The van der Waals surface area contributed by atoms with E-state index in [0.29, 0.717) is 0 Å². The maximum absolute atomic E-state index is 11.2. The van der Waals surface area contributed by atoms with Gasteiger partial charge in [-0.3, -0.25) is 9.69 Å². The van der Waals surface area contributed by atoms with Gasteiger partial charge < -0.3 is 9.64 Å². The molecular weight excluding hydrogens is 240 g/mol. The fraction of sp³-hybridized carbons (Fsp3) is 0.533. The molecule has 4 heteroatoms. The molecule has 1 amide bonds. The average Bonchev–Trinajstić information content (AvgIpc) is 2.46. The van der Waals surface area contributed by atoms with Gasteiger partial charge in [0.25, 0.3) is 0 Å². The van der Waals surface area contributed by atoms with E-state index in [2.05, 4.69) is 17.0 Å². The predicted octanol–water partition coefficient (Wildman–Crippen LogP) is 1.40. The number of ether oxygens (including phenoxy) is 1. The molecule has 1 aliphatic rings. The molecule has 0 spiro atoms. The molecule has 19 heavy (non-hydrogen) atoms. The third-order valence-electron chi connectivity index (χ3n) is 3.67. The lowest BCUT2D eigenvalue weighted by molar-refractivity contribution is -0.130. The molecule has 4 nitrogen and oxygen atoms in total. The number of benzene rings is 1. The van der Waals surface area contributed by atoms with Crippen LogP contribution < -0.4 is 4.74 Å². The molecule has 0 bridgehead atoms. The first kappa shape index (κ1) is 13.9. The standard InChI is InChI=1S/C15H22N2O2/c1-13(18)17-10-8-16(9-11-17)7-6-14-4-3-5-15(12-14)19-2/h3-5,12H,6-11H2,1-2H3. The van der Waals surface area contributed by atoms with Crippen molar-refractivity contribution < 1.29 is 9.53 Å². The quantitative estimate of drug-likeness (QED) is 0.822. The van der Waals surface area contributed by atoms with Crippen molar-refractivity contribution in [1.82, 2.24) is 9.80 Å². The molecule has 0 saturated carbocycles. The minimum Gasteiger partial charge on any atom is -0.497 e. The summed E-state index contributed by atoms with van der Waals surface area (Å²) in [5.41, 5.74) is 1.30. The van der Waals surface area contributed by atoms with E-state index in [1.807, 2.05) is 17.0 Å². The lowest BCUT2D eigenvalue weighted by Gasteiger charge is -2.34. The molecule has 2 rings (SSSR count). The summed E-state index contributed by atoms with van der Waals surface area (Å²) in [5.74, 6) is 1.10. The molecule has 0 aromatic heterocycles. The zero-order chi connectivity index (χ0) is 13.7. The molecular formula is C15H22N2O2. The SMILES string of the molecule is COc1cccc(CCN2CCN(C(C)=O)CC2)c1. The van der Waals surface area contributed by atoms with Crippen LogP contribution in [-0.4, -0.2) is 55.5 Å². The molecule has 0 aliphatic carbocycles. The van der Waals surface area contributed by atoms with Crippen LogP contribution in [-0.2, 0) is 11.2 Å². The number of hydrogen-bond donors (Lipinski definition) is 0. The van der Waals surface area contributed by atoms with Crippen LogP contribution in [0.2, 0.25) is 0 Å². The van der Waals surface area contributed by atoms with Gasteiger partial charge in [0.1, 0.15) is 5.75 Å². The Morgan fingerprint density at radius 2 is 2.00 bits per heavy atom. The summed E-state index contributed by atoms with van der Waals surface area (Å²) < 4.78 is 5.23. The third kappa shape index (κ3) is 3.96. The lowest BCUT2D eigenvalue weighted by Crippen LogP contribution is -2.48. The van der Waals surface area contributed by atoms with Gasteiger partial charge >= 0.3 is 0 Å². The number of carbonyl (C=O) groups is 1. The van der Waals surface area contributed by atoms with E-state index >= 15 is 0 Å². The monoisotopic (exact) mass is 262 g/mol. The van der Waals surface area contributed by atoms with Crippen molar-refractivity contribution in [3.63, 3.8) is 0 Å². The second-order valence-electron chi connectivity index (χ2n) is 4.95. The number of hydrogen-bond acceptors (Lipinski definition) is 3. The summed E-state index contributed by atoms with van der Waals surface area (Å²) in [6, 6.07) is 8.22. The minimum atomic E-state index is 0.187. The summed E-state index contributed by atoms with van der Waals surface area (Å²) in [7, 11) is 1.69. The van der Waals surface area contributed by atoms with Gasteiger partial charge in [0.05, 0.1) is 7.11 Å². The predicted molar refractivity (Wildman–Crippen MR) is 75.4 cm³/mol. The summed E-state index contributed by atoms with van der Waals surface area (Å²) in [4.78, 5) is 15.6. The molecule has 0 N–H and O–H groups in total. The Hall–Kier alpha value is -1.55. The molecule has 1 saturated heterocycles. The van der Waals surface area contributed by atoms with Crippen LogP contribution >= 0.6 is 0 Å². The summed E-state index contributed by atoms with van der Waals surface area (Å²) in [6.45, 7) is 6.35. The second-order valence-corrected chi connectivity index (χ2v) is 4.95. The van der Waals surface area contributed by atoms with Crippen LogP contribution in [0, 0.1) is 0 Å². The molecule has 0 atom stereocenters. The Labute approximate surface area is 115 Å².